The van der Waals surface area contributed by atoms with Gasteiger partial charge in [0.2, 0.25) is 5.95 Å². The van der Waals surface area contributed by atoms with E-state index in [1.165, 1.54) is 6.92 Å². The first-order chi connectivity index (χ1) is 8.30. The van der Waals surface area contributed by atoms with E-state index in [9.17, 15) is 19.3 Å². The summed E-state index contributed by atoms with van der Waals surface area (Å²) in [6.45, 7) is 2.79. The summed E-state index contributed by atoms with van der Waals surface area (Å²) < 4.78 is 17.7. The number of nitrogens with zero attached hydrogens (tertiary/aromatic N) is 2. The zero-order valence-electron chi connectivity index (χ0n) is 9.84. The van der Waals surface area contributed by atoms with Crippen LogP contribution in [0.2, 0.25) is 0 Å². The average molecular weight is 257 g/mol. The molecule has 18 heavy (non-hydrogen) atoms. The first-order valence-corrected chi connectivity index (χ1v) is 5.08. The zero-order chi connectivity index (χ0) is 13.9. The first-order valence-electron chi connectivity index (χ1n) is 5.08. The molecule has 0 spiro atoms. The summed E-state index contributed by atoms with van der Waals surface area (Å²) in [6, 6.07) is 1.73. The Labute approximate surface area is 102 Å². The maximum Gasteiger partial charge on any atom is 0.332 e. The van der Waals surface area contributed by atoms with Gasteiger partial charge in [0.05, 0.1) is 11.5 Å². The van der Waals surface area contributed by atoms with Crippen molar-refractivity contribution in [1.82, 2.24) is 4.98 Å². The number of esters is 1. The Morgan fingerprint density at radius 2 is 2.28 bits per heavy atom. The van der Waals surface area contributed by atoms with Crippen molar-refractivity contribution in [2.45, 2.75) is 19.4 Å². The molecule has 0 saturated heterocycles. The number of hydrogen-bond acceptors (Lipinski definition) is 6. The first kappa shape index (κ1) is 14.0. The van der Waals surface area contributed by atoms with E-state index in [1.807, 2.05) is 0 Å². The Bertz CT molecular complexity index is 490. The van der Waals surface area contributed by atoms with Gasteiger partial charge in [-0.2, -0.15) is 4.39 Å². The second-order valence-electron chi connectivity index (χ2n) is 3.68. The maximum absolute atomic E-state index is 13.0. The molecule has 0 saturated carbocycles. The van der Waals surface area contributed by atoms with Crippen LogP contribution < -0.4 is 5.73 Å². The lowest BCUT2D eigenvalue weighted by Crippen LogP contribution is -2.44. The minimum absolute atomic E-state index is 0.0503. The smallest absolute Gasteiger partial charge is 0.332 e. The fraction of sp³-hybridized carbons (Fsp3) is 0.400. The second kappa shape index (κ2) is 5.05. The third-order valence-corrected chi connectivity index (χ3v) is 2.23. The molecule has 1 aromatic heterocycles. The van der Waals surface area contributed by atoms with Gasteiger partial charge in [0.25, 0.3) is 5.69 Å². The maximum atomic E-state index is 13.0. The summed E-state index contributed by atoms with van der Waals surface area (Å²) >= 11 is 0. The monoisotopic (exact) mass is 257 g/mol. The molecule has 0 radical (unpaired) electrons. The van der Waals surface area contributed by atoms with E-state index in [4.69, 9.17) is 5.73 Å². The van der Waals surface area contributed by atoms with Gasteiger partial charge in [-0.15, -0.1) is 0 Å². The fourth-order valence-corrected chi connectivity index (χ4v) is 1.34. The fourth-order valence-electron chi connectivity index (χ4n) is 1.34. The van der Waals surface area contributed by atoms with Crippen LogP contribution in [0, 0.1) is 16.1 Å². The van der Waals surface area contributed by atoms with E-state index in [2.05, 4.69) is 9.72 Å². The average Bonchev–Trinajstić information content (AvgIpc) is 2.28. The van der Waals surface area contributed by atoms with E-state index >= 15 is 0 Å². The van der Waals surface area contributed by atoms with Crippen molar-refractivity contribution in [2.75, 3.05) is 6.61 Å². The lowest BCUT2D eigenvalue weighted by molar-refractivity contribution is -0.386. The molecule has 1 atom stereocenters. The van der Waals surface area contributed by atoms with Crippen LogP contribution in [0.1, 0.15) is 19.5 Å². The van der Waals surface area contributed by atoms with Crippen LogP contribution in [0.4, 0.5) is 10.1 Å². The highest BCUT2D eigenvalue weighted by atomic mass is 19.1. The number of ether oxygens (including phenoxy) is 1. The van der Waals surface area contributed by atoms with Gasteiger partial charge in [0, 0.05) is 12.1 Å². The number of carbonyl (C=O) groups is 1. The van der Waals surface area contributed by atoms with Crippen LogP contribution in [-0.2, 0) is 15.1 Å². The minimum Gasteiger partial charge on any atom is -0.464 e. The molecule has 1 unspecified atom stereocenters. The molecule has 0 aliphatic heterocycles. The molecular formula is C10H12FN3O4. The molecule has 0 fully saturated rings. The number of nitro groups is 1. The standard InChI is InChI=1S/C10H12FN3O4/c1-3-18-9(15)10(2,12)8-6(14(16)17)4-5-7(11)13-8/h4-5H,3,12H2,1-2H3. The predicted molar refractivity (Wildman–Crippen MR) is 59.0 cm³/mol. The van der Waals surface area contributed by atoms with E-state index in [0.717, 1.165) is 12.1 Å². The Hall–Kier alpha value is -2.09. The third-order valence-electron chi connectivity index (χ3n) is 2.23. The van der Waals surface area contributed by atoms with Gasteiger partial charge in [0.1, 0.15) is 0 Å². The topological polar surface area (TPSA) is 108 Å². The molecule has 0 aliphatic carbocycles. The lowest BCUT2D eigenvalue weighted by atomic mass is 9.97. The van der Waals surface area contributed by atoms with E-state index in [1.54, 1.807) is 6.92 Å². The molecule has 7 nitrogen and oxygen atoms in total. The van der Waals surface area contributed by atoms with Crippen molar-refractivity contribution >= 4 is 11.7 Å². The SMILES string of the molecule is CCOC(=O)C(C)(N)c1nc(F)ccc1[N+](=O)[O-]. The van der Waals surface area contributed by atoms with Crippen molar-refractivity contribution in [2.24, 2.45) is 5.73 Å². The quantitative estimate of drug-likeness (QED) is 0.371. The summed E-state index contributed by atoms with van der Waals surface area (Å²) in [5.41, 5.74) is 2.78. The number of halogens is 1. The molecule has 2 N–H and O–H groups in total. The highest BCUT2D eigenvalue weighted by molar-refractivity contribution is 5.82. The van der Waals surface area contributed by atoms with Gasteiger partial charge < -0.3 is 10.5 Å². The van der Waals surface area contributed by atoms with Crippen molar-refractivity contribution < 1.29 is 18.8 Å². The van der Waals surface area contributed by atoms with Gasteiger partial charge in [-0.05, 0) is 13.8 Å². The molecule has 0 aromatic carbocycles. The number of rotatable bonds is 4. The van der Waals surface area contributed by atoms with Crippen LogP contribution in [0.3, 0.4) is 0 Å². The molecule has 0 amide bonds. The second-order valence-corrected chi connectivity index (χ2v) is 3.68. The van der Waals surface area contributed by atoms with Crippen molar-refractivity contribution in [1.29, 1.82) is 0 Å². The molecule has 1 aromatic rings. The Kier molecular flexibility index (Phi) is 3.92. The molecule has 8 heteroatoms. The highest BCUT2D eigenvalue weighted by Gasteiger charge is 2.40. The number of aromatic nitrogens is 1. The zero-order valence-corrected chi connectivity index (χ0v) is 9.84. The van der Waals surface area contributed by atoms with Gasteiger partial charge in [-0.25, -0.2) is 9.78 Å². The van der Waals surface area contributed by atoms with E-state index in [-0.39, 0.29) is 6.61 Å². The van der Waals surface area contributed by atoms with Crippen LogP contribution >= 0.6 is 0 Å². The predicted octanol–water partition coefficient (Wildman–Crippen LogP) is 0.866. The van der Waals surface area contributed by atoms with Crippen LogP contribution in [0.5, 0.6) is 0 Å². The molecule has 98 valence electrons. The summed E-state index contributed by atoms with van der Waals surface area (Å²) in [5, 5.41) is 10.8. The summed E-state index contributed by atoms with van der Waals surface area (Å²) in [4.78, 5) is 25.0. The molecular weight excluding hydrogens is 245 g/mol. The van der Waals surface area contributed by atoms with Gasteiger partial charge in [-0.1, -0.05) is 0 Å². The Morgan fingerprint density at radius 1 is 1.67 bits per heavy atom. The molecule has 0 bridgehead atoms. The summed E-state index contributed by atoms with van der Waals surface area (Å²) in [7, 11) is 0. The van der Waals surface area contributed by atoms with Crippen molar-refractivity contribution in [3.8, 4) is 0 Å². The Morgan fingerprint density at radius 3 is 2.78 bits per heavy atom. The number of carbonyl (C=O) groups excluding carboxylic acids is 1. The van der Waals surface area contributed by atoms with Crippen LogP contribution in [0.25, 0.3) is 0 Å². The highest BCUT2D eigenvalue weighted by Crippen LogP contribution is 2.27. The van der Waals surface area contributed by atoms with Crippen LogP contribution in [-0.4, -0.2) is 22.5 Å². The van der Waals surface area contributed by atoms with E-state index in [0.29, 0.717) is 0 Å². The van der Waals surface area contributed by atoms with E-state index < -0.39 is 33.8 Å². The normalized spacial score (nSPS) is 13.8. The van der Waals surface area contributed by atoms with Gasteiger partial charge in [0.15, 0.2) is 11.2 Å². The van der Waals surface area contributed by atoms with Crippen molar-refractivity contribution in [3.63, 3.8) is 0 Å². The van der Waals surface area contributed by atoms with Crippen LogP contribution in [0.15, 0.2) is 12.1 Å². The lowest BCUT2D eigenvalue weighted by Gasteiger charge is -2.21. The third kappa shape index (κ3) is 2.59. The number of pyridine rings is 1. The summed E-state index contributed by atoms with van der Waals surface area (Å²) in [6.07, 6.45) is 0. The minimum atomic E-state index is -1.89. The number of hydrogen-bond donors (Lipinski definition) is 1. The Balaban J connectivity index is 3.33. The summed E-state index contributed by atoms with van der Waals surface area (Å²) in [5.74, 6) is -1.87. The van der Waals surface area contributed by atoms with Gasteiger partial charge in [-0.3, -0.25) is 10.1 Å². The van der Waals surface area contributed by atoms with Crippen molar-refractivity contribution in [3.05, 3.63) is 33.9 Å². The largest absolute Gasteiger partial charge is 0.464 e. The number of nitrogens with two attached hydrogens (primary N) is 1. The van der Waals surface area contributed by atoms with Gasteiger partial charge >= 0.3 is 5.97 Å². The molecule has 1 rings (SSSR count). The molecule has 0 aliphatic rings. The molecule has 1 heterocycles.